The third-order valence-corrected chi connectivity index (χ3v) is 5.35. The lowest BCUT2D eigenvalue weighted by molar-refractivity contribution is 0.0618. The lowest BCUT2D eigenvalue weighted by Gasteiger charge is -2.35. The second-order valence-corrected chi connectivity index (χ2v) is 7.17. The fraction of sp³-hybridized carbons (Fsp3) is 0.632. The smallest absolute Gasteiger partial charge is 0.167 e. The average Bonchev–Trinajstić information content (AvgIpc) is 3.38. The predicted octanol–water partition coefficient (Wildman–Crippen LogP) is 2.27. The summed E-state index contributed by atoms with van der Waals surface area (Å²) in [5, 5.41) is 21.6. The molecule has 6 nitrogen and oxygen atoms in total. The molecule has 1 aliphatic heterocycles. The Labute approximate surface area is 148 Å². The minimum absolute atomic E-state index is 0.112. The number of phenols is 1. The number of methoxy groups -OCH3 is 2. The van der Waals surface area contributed by atoms with E-state index in [0.29, 0.717) is 30.0 Å². The Morgan fingerprint density at radius 1 is 1.12 bits per heavy atom. The van der Waals surface area contributed by atoms with Gasteiger partial charge in [-0.25, -0.2) is 0 Å². The molecule has 1 saturated heterocycles. The van der Waals surface area contributed by atoms with Crippen LogP contribution >= 0.6 is 0 Å². The second kappa shape index (κ2) is 6.84. The summed E-state index contributed by atoms with van der Waals surface area (Å²) in [6.45, 7) is 2.76. The number of nitrogens with zero attached hydrogens (tertiary/aromatic N) is 1. The highest BCUT2D eigenvalue weighted by molar-refractivity contribution is 6.01. The van der Waals surface area contributed by atoms with Gasteiger partial charge in [0.1, 0.15) is 22.8 Å². The standard InChI is InChI=1S/C19H27NO5/c1-10(21)14-17(23)16(12-7-8-20(2)9-13(12)22)19(25-4)15(11-5-6-11)18(14)24-3/h11-13,22-23H,5-9H2,1-4H3. The molecule has 2 unspecified atom stereocenters. The van der Waals surface area contributed by atoms with Crippen molar-refractivity contribution in [1.29, 1.82) is 0 Å². The number of Topliss-reactive ketones (excluding diaryl/α,β-unsaturated/α-hetero) is 1. The summed E-state index contributed by atoms with van der Waals surface area (Å²) in [6.07, 6.45) is 2.07. The van der Waals surface area contributed by atoms with Crippen molar-refractivity contribution >= 4 is 5.78 Å². The van der Waals surface area contributed by atoms with E-state index in [-0.39, 0.29) is 28.9 Å². The number of aromatic hydroxyl groups is 1. The molecule has 0 aromatic heterocycles. The van der Waals surface area contributed by atoms with Crippen LogP contribution in [-0.2, 0) is 0 Å². The van der Waals surface area contributed by atoms with E-state index in [1.54, 1.807) is 7.11 Å². The quantitative estimate of drug-likeness (QED) is 0.794. The van der Waals surface area contributed by atoms with Crippen LogP contribution in [0.5, 0.6) is 17.2 Å². The Kier molecular flexibility index (Phi) is 4.93. The van der Waals surface area contributed by atoms with Gasteiger partial charge in [-0.05, 0) is 45.7 Å². The number of β-amino-alcohol motifs (C(OH)–C–C–N with tert-alkyl or cyclic N) is 1. The van der Waals surface area contributed by atoms with Gasteiger partial charge in [-0.2, -0.15) is 0 Å². The number of rotatable bonds is 5. The Bertz CT molecular complexity index is 683. The number of piperidine rings is 1. The van der Waals surface area contributed by atoms with Gasteiger partial charge in [0.25, 0.3) is 0 Å². The molecule has 0 bridgehead atoms. The van der Waals surface area contributed by atoms with E-state index in [1.807, 2.05) is 7.05 Å². The van der Waals surface area contributed by atoms with Gasteiger partial charge >= 0.3 is 0 Å². The van der Waals surface area contributed by atoms with Crippen LogP contribution in [0.3, 0.4) is 0 Å². The van der Waals surface area contributed by atoms with Crippen molar-refractivity contribution in [2.45, 2.75) is 44.1 Å². The molecule has 0 amide bonds. The van der Waals surface area contributed by atoms with Crippen LogP contribution in [0.4, 0.5) is 0 Å². The van der Waals surface area contributed by atoms with Gasteiger partial charge in [0.15, 0.2) is 5.78 Å². The fourth-order valence-corrected chi connectivity index (χ4v) is 4.00. The van der Waals surface area contributed by atoms with Crippen LogP contribution in [-0.4, -0.2) is 61.4 Å². The van der Waals surface area contributed by atoms with Crippen LogP contribution in [0.2, 0.25) is 0 Å². The molecule has 1 aromatic rings. The first-order valence-corrected chi connectivity index (χ1v) is 8.78. The van der Waals surface area contributed by atoms with Crippen molar-refractivity contribution in [2.75, 3.05) is 34.4 Å². The number of phenolic OH excluding ortho intramolecular Hbond substituents is 1. The van der Waals surface area contributed by atoms with Gasteiger partial charge in [-0.1, -0.05) is 0 Å². The van der Waals surface area contributed by atoms with Crippen molar-refractivity contribution in [3.8, 4) is 17.2 Å². The summed E-state index contributed by atoms with van der Waals surface area (Å²) in [6, 6.07) is 0. The zero-order valence-electron chi connectivity index (χ0n) is 15.3. The summed E-state index contributed by atoms with van der Waals surface area (Å²) in [4.78, 5) is 14.3. The summed E-state index contributed by atoms with van der Waals surface area (Å²) < 4.78 is 11.2. The molecule has 138 valence electrons. The number of ketones is 1. The zero-order valence-corrected chi connectivity index (χ0v) is 15.3. The maximum absolute atomic E-state index is 12.3. The lowest BCUT2D eigenvalue weighted by Crippen LogP contribution is -2.40. The van der Waals surface area contributed by atoms with Crippen molar-refractivity contribution in [1.82, 2.24) is 4.90 Å². The van der Waals surface area contributed by atoms with Crippen molar-refractivity contribution in [3.05, 3.63) is 16.7 Å². The predicted molar refractivity (Wildman–Crippen MR) is 94.1 cm³/mol. The first-order valence-electron chi connectivity index (χ1n) is 8.78. The monoisotopic (exact) mass is 349 g/mol. The number of aliphatic hydroxyl groups is 1. The van der Waals surface area contributed by atoms with Gasteiger partial charge in [0, 0.05) is 23.6 Å². The Morgan fingerprint density at radius 2 is 1.76 bits per heavy atom. The zero-order chi connectivity index (χ0) is 18.3. The molecule has 2 aliphatic rings. The molecular formula is C19H27NO5. The van der Waals surface area contributed by atoms with Gasteiger partial charge in [-0.3, -0.25) is 4.79 Å². The highest BCUT2D eigenvalue weighted by atomic mass is 16.5. The maximum Gasteiger partial charge on any atom is 0.167 e. The fourth-order valence-electron chi connectivity index (χ4n) is 4.00. The van der Waals surface area contributed by atoms with Gasteiger partial charge in [0.05, 0.1) is 20.3 Å². The molecule has 1 saturated carbocycles. The van der Waals surface area contributed by atoms with Crippen LogP contribution in [0, 0.1) is 0 Å². The number of benzene rings is 1. The molecule has 0 spiro atoms. The van der Waals surface area contributed by atoms with E-state index in [1.165, 1.54) is 14.0 Å². The third kappa shape index (κ3) is 3.09. The summed E-state index contributed by atoms with van der Waals surface area (Å²) in [5.74, 6) is 0.617. The first kappa shape index (κ1) is 18.0. The van der Waals surface area contributed by atoms with Crippen LogP contribution in [0.15, 0.2) is 0 Å². The minimum atomic E-state index is -0.626. The Balaban J connectivity index is 2.25. The largest absolute Gasteiger partial charge is 0.507 e. The van der Waals surface area contributed by atoms with E-state index in [0.717, 1.165) is 24.9 Å². The number of hydrogen-bond acceptors (Lipinski definition) is 6. The molecule has 6 heteroatoms. The molecule has 2 N–H and O–H groups in total. The number of ether oxygens (including phenoxy) is 2. The molecule has 2 fully saturated rings. The van der Waals surface area contributed by atoms with Crippen molar-refractivity contribution < 1.29 is 24.5 Å². The molecule has 0 radical (unpaired) electrons. The van der Waals surface area contributed by atoms with E-state index in [4.69, 9.17) is 9.47 Å². The molecule has 3 rings (SSSR count). The average molecular weight is 349 g/mol. The van der Waals surface area contributed by atoms with E-state index in [2.05, 4.69) is 4.90 Å². The molecule has 1 aliphatic carbocycles. The lowest BCUT2D eigenvalue weighted by atomic mass is 9.82. The minimum Gasteiger partial charge on any atom is -0.507 e. The molecule has 2 atom stereocenters. The van der Waals surface area contributed by atoms with Crippen LogP contribution in [0.1, 0.15) is 59.5 Å². The Morgan fingerprint density at radius 3 is 2.24 bits per heavy atom. The molecule has 1 heterocycles. The summed E-state index contributed by atoms with van der Waals surface area (Å²) in [7, 11) is 5.04. The highest BCUT2D eigenvalue weighted by Gasteiger charge is 2.40. The molecule has 1 aromatic carbocycles. The molecular weight excluding hydrogens is 322 g/mol. The SMILES string of the molecule is COc1c(C(C)=O)c(O)c(C2CCN(C)CC2O)c(OC)c1C1CC1. The number of likely N-dealkylation sites (tertiary alicyclic amines) is 1. The maximum atomic E-state index is 12.3. The van der Waals surface area contributed by atoms with Gasteiger partial charge < -0.3 is 24.6 Å². The second-order valence-electron chi connectivity index (χ2n) is 7.17. The van der Waals surface area contributed by atoms with E-state index >= 15 is 0 Å². The van der Waals surface area contributed by atoms with Crippen LogP contribution < -0.4 is 9.47 Å². The number of aliphatic hydroxyl groups excluding tert-OH is 1. The highest BCUT2D eigenvalue weighted by Crippen LogP contribution is 2.56. The van der Waals surface area contributed by atoms with E-state index < -0.39 is 6.10 Å². The topological polar surface area (TPSA) is 79.2 Å². The van der Waals surface area contributed by atoms with Crippen molar-refractivity contribution in [2.24, 2.45) is 0 Å². The number of likely N-dealkylation sites (N-methyl/N-ethyl adjacent to an activating group) is 1. The van der Waals surface area contributed by atoms with Crippen molar-refractivity contribution in [3.63, 3.8) is 0 Å². The van der Waals surface area contributed by atoms with Gasteiger partial charge in [0.2, 0.25) is 0 Å². The van der Waals surface area contributed by atoms with Gasteiger partial charge in [-0.15, -0.1) is 0 Å². The third-order valence-electron chi connectivity index (χ3n) is 5.35. The molecule has 25 heavy (non-hydrogen) atoms. The van der Waals surface area contributed by atoms with E-state index in [9.17, 15) is 15.0 Å². The Hall–Kier alpha value is -1.79. The first-order chi connectivity index (χ1) is 11.9. The summed E-state index contributed by atoms with van der Waals surface area (Å²) in [5.41, 5.74) is 1.61. The summed E-state index contributed by atoms with van der Waals surface area (Å²) >= 11 is 0. The number of carbonyl (C=O) groups excluding carboxylic acids is 1. The number of hydrogen-bond donors (Lipinski definition) is 2. The number of carbonyl (C=O) groups is 1. The van der Waals surface area contributed by atoms with Crippen LogP contribution in [0.25, 0.3) is 0 Å². The normalized spacial score (nSPS) is 24.2.